The van der Waals surface area contributed by atoms with Crippen LogP contribution in [0.1, 0.15) is 26.7 Å². The van der Waals surface area contributed by atoms with E-state index in [0.29, 0.717) is 6.61 Å². The Balaban J connectivity index is 0. The van der Waals surface area contributed by atoms with E-state index in [9.17, 15) is 18.0 Å². The molecule has 92 valence electrons. The molecule has 0 aromatic rings. The predicted molar refractivity (Wildman–Crippen MR) is 46.3 cm³/mol. The first kappa shape index (κ1) is 16.6. The highest BCUT2D eigenvalue weighted by atomic mass is 19.4. The molecule has 0 saturated carbocycles. The van der Waals surface area contributed by atoms with E-state index in [0.717, 1.165) is 12.8 Å². The predicted octanol–water partition coefficient (Wildman–Crippen LogP) is 1.16. The molecule has 3 N–H and O–H groups in total. The third-order valence-corrected chi connectivity index (χ3v) is 1.48. The Labute approximate surface area is 85.3 Å². The molecule has 1 unspecified atom stereocenters. The number of unbranched alkanes of at least 4 members (excludes halogenated alkanes) is 1. The molecule has 0 fully saturated rings. The molecular formula is C8H15F3O4. The van der Waals surface area contributed by atoms with Crippen LogP contribution in [0.25, 0.3) is 0 Å². The number of carbonyl (C=O) groups is 1. The van der Waals surface area contributed by atoms with Gasteiger partial charge in [-0.3, -0.25) is 0 Å². The van der Waals surface area contributed by atoms with Gasteiger partial charge >= 0.3 is 12.1 Å². The number of aliphatic hydroxyl groups is 2. The van der Waals surface area contributed by atoms with Crippen molar-refractivity contribution in [3.63, 3.8) is 0 Å². The maximum atomic E-state index is 11.5. The van der Waals surface area contributed by atoms with Crippen LogP contribution in [-0.2, 0) is 4.79 Å². The summed E-state index contributed by atoms with van der Waals surface area (Å²) in [6, 6.07) is 0. The molecule has 7 heteroatoms. The van der Waals surface area contributed by atoms with Gasteiger partial charge < -0.3 is 15.3 Å². The van der Waals surface area contributed by atoms with Crippen molar-refractivity contribution in [1.82, 2.24) is 0 Å². The molecule has 1 atom stereocenters. The number of alkyl halides is 3. The van der Waals surface area contributed by atoms with Crippen molar-refractivity contribution in [2.45, 2.75) is 38.5 Å². The molecule has 0 aromatic heterocycles. The van der Waals surface area contributed by atoms with Crippen LogP contribution >= 0.6 is 0 Å². The highest BCUT2D eigenvalue weighted by molar-refractivity contribution is 5.77. The third kappa shape index (κ3) is 6.29. The van der Waals surface area contributed by atoms with Gasteiger partial charge in [0.15, 0.2) is 0 Å². The number of hydrogen-bond donors (Lipinski definition) is 3. The number of hydrogen-bond acceptors (Lipinski definition) is 3. The van der Waals surface area contributed by atoms with Crippen LogP contribution in [0.15, 0.2) is 0 Å². The zero-order valence-corrected chi connectivity index (χ0v) is 8.51. The van der Waals surface area contributed by atoms with Gasteiger partial charge in [-0.2, -0.15) is 13.2 Å². The van der Waals surface area contributed by atoms with Gasteiger partial charge in [-0.15, -0.1) is 0 Å². The standard InChI is InChI=1S/C4H5F3O3.C4H10O/c1-3(10,2(8)9)4(5,6)7;1-2-3-4-5/h10H,1H3,(H,8,9);5H,2-4H2,1H3. The Bertz CT molecular complexity index is 187. The summed E-state index contributed by atoms with van der Waals surface area (Å²) in [6.45, 7) is 2.57. The minimum absolute atomic E-state index is 0.176. The highest BCUT2D eigenvalue weighted by Gasteiger charge is 2.56. The molecule has 0 aliphatic carbocycles. The van der Waals surface area contributed by atoms with Crippen LogP contribution in [0.5, 0.6) is 0 Å². The lowest BCUT2D eigenvalue weighted by atomic mass is 10.1. The van der Waals surface area contributed by atoms with Crippen LogP contribution in [0, 0.1) is 0 Å². The van der Waals surface area contributed by atoms with Crippen molar-refractivity contribution in [1.29, 1.82) is 0 Å². The molecule has 0 saturated heterocycles. The summed E-state index contributed by atoms with van der Waals surface area (Å²) in [4.78, 5) is 9.70. The molecule has 15 heavy (non-hydrogen) atoms. The number of rotatable bonds is 3. The van der Waals surface area contributed by atoms with Crippen LogP contribution in [0.2, 0.25) is 0 Å². The van der Waals surface area contributed by atoms with Crippen molar-refractivity contribution < 1.29 is 33.3 Å². The lowest BCUT2D eigenvalue weighted by Gasteiger charge is -2.20. The minimum atomic E-state index is -5.13. The summed E-state index contributed by atoms with van der Waals surface area (Å²) >= 11 is 0. The van der Waals surface area contributed by atoms with Gasteiger partial charge in [-0.1, -0.05) is 13.3 Å². The lowest BCUT2D eigenvalue weighted by molar-refractivity contribution is -0.253. The second kappa shape index (κ2) is 6.62. The Kier molecular flexibility index (Phi) is 7.33. The van der Waals surface area contributed by atoms with Gasteiger partial charge in [0.05, 0.1) is 0 Å². The second-order valence-corrected chi connectivity index (χ2v) is 2.95. The van der Waals surface area contributed by atoms with Gasteiger partial charge in [0.25, 0.3) is 5.60 Å². The van der Waals surface area contributed by atoms with E-state index in [1.165, 1.54) is 0 Å². The molecule has 0 aliphatic rings. The molecule has 0 aliphatic heterocycles. The highest BCUT2D eigenvalue weighted by Crippen LogP contribution is 2.29. The van der Waals surface area contributed by atoms with Gasteiger partial charge in [0, 0.05) is 6.61 Å². The molecular weight excluding hydrogens is 217 g/mol. The Morgan fingerprint density at radius 1 is 1.33 bits per heavy atom. The van der Waals surface area contributed by atoms with Crippen molar-refractivity contribution >= 4 is 5.97 Å². The van der Waals surface area contributed by atoms with Crippen LogP contribution in [-0.4, -0.2) is 39.7 Å². The first-order valence-corrected chi connectivity index (χ1v) is 4.24. The molecule has 0 aromatic carbocycles. The fraction of sp³-hybridized carbons (Fsp3) is 0.875. The summed E-state index contributed by atoms with van der Waals surface area (Å²) in [7, 11) is 0. The Morgan fingerprint density at radius 2 is 1.73 bits per heavy atom. The van der Waals surface area contributed by atoms with E-state index in [4.69, 9.17) is 15.3 Å². The first-order chi connectivity index (χ1) is 6.61. The van der Waals surface area contributed by atoms with E-state index in [1.54, 1.807) is 0 Å². The number of aliphatic carboxylic acids is 1. The monoisotopic (exact) mass is 232 g/mol. The number of carboxylic acids is 1. The van der Waals surface area contributed by atoms with E-state index >= 15 is 0 Å². The fourth-order valence-corrected chi connectivity index (χ4v) is 0.279. The quantitative estimate of drug-likeness (QED) is 0.682. The number of aliphatic hydroxyl groups excluding tert-OH is 1. The molecule has 0 radical (unpaired) electrons. The lowest BCUT2D eigenvalue weighted by Crippen LogP contribution is -2.49. The smallest absolute Gasteiger partial charge is 0.427 e. The minimum Gasteiger partial charge on any atom is -0.479 e. The summed E-state index contributed by atoms with van der Waals surface area (Å²) in [5, 5.41) is 24.1. The van der Waals surface area contributed by atoms with E-state index in [-0.39, 0.29) is 6.92 Å². The third-order valence-electron chi connectivity index (χ3n) is 1.48. The van der Waals surface area contributed by atoms with Crippen LogP contribution in [0.4, 0.5) is 13.2 Å². The summed E-state index contributed by atoms with van der Waals surface area (Å²) < 4.78 is 34.4. The average molecular weight is 232 g/mol. The summed E-state index contributed by atoms with van der Waals surface area (Å²) in [5.74, 6) is -2.31. The second-order valence-electron chi connectivity index (χ2n) is 2.95. The van der Waals surface area contributed by atoms with Gasteiger partial charge in [0.1, 0.15) is 0 Å². The zero-order valence-electron chi connectivity index (χ0n) is 8.51. The number of carboxylic acid groups (broad SMARTS) is 1. The van der Waals surface area contributed by atoms with E-state index < -0.39 is 17.7 Å². The molecule has 0 amide bonds. The van der Waals surface area contributed by atoms with Gasteiger partial charge in [0.2, 0.25) is 0 Å². The molecule has 0 bridgehead atoms. The SMILES string of the molecule is CC(O)(C(=O)O)C(F)(F)F.CCCCO. The molecule has 4 nitrogen and oxygen atoms in total. The van der Waals surface area contributed by atoms with Gasteiger partial charge in [-0.25, -0.2) is 4.79 Å². The Hall–Kier alpha value is -0.820. The molecule has 0 spiro atoms. The van der Waals surface area contributed by atoms with Crippen molar-refractivity contribution in [2.24, 2.45) is 0 Å². The summed E-state index contributed by atoms with van der Waals surface area (Å²) in [5.41, 5.74) is -3.65. The normalized spacial score (nSPS) is 14.9. The Morgan fingerprint density at radius 3 is 1.73 bits per heavy atom. The molecule has 0 heterocycles. The summed E-state index contributed by atoms with van der Waals surface area (Å²) in [6.07, 6.45) is -3.09. The largest absolute Gasteiger partial charge is 0.479 e. The first-order valence-electron chi connectivity index (χ1n) is 4.24. The van der Waals surface area contributed by atoms with Crippen molar-refractivity contribution in [3.8, 4) is 0 Å². The number of halogens is 3. The fourth-order valence-electron chi connectivity index (χ4n) is 0.279. The van der Waals surface area contributed by atoms with Crippen LogP contribution < -0.4 is 0 Å². The van der Waals surface area contributed by atoms with Crippen molar-refractivity contribution in [2.75, 3.05) is 6.61 Å². The molecule has 0 rings (SSSR count). The van der Waals surface area contributed by atoms with Crippen molar-refractivity contribution in [3.05, 3.63) is 0 Å². The van der Waals surface area contributed by atoms with Gasteiger partial charge in [-0.05, 0) is 13.3 Å². The van der Waals surface area contributed by atoms with E-state index in [1.807, 2.05) is 0 Å². The maximum absolute atomic E-state index is 11.5. The maximum Gasteiger partial charge on any atom is 0.427 e. The van der Waals surface area contributed by atoms with Crippen LogP contribution in [0.3, 0.4) is 0 Å². The topological polar surface area (TPSA) is 77.8 Å². The average Bonchev–Trinajstić information content (AvgIpc) is 2.04. The zero-order chi connectivity index (χ0) is 12.7. The van der Waals surface area contributed by atoms with E-state index in [2.05, 4.69) is 6.92 Å².